The third-order valence-electron chi connectivity index (χ3n) is 2.42. The zero-order valence-corrected chi connectivity index (χ0v) is 10.1. The summed E-state index contributed by atoms with van der Waals surface area (Å²) < 4.78 is 2.14. The van der Waals surface area contributed by atoms with Crippen molar-refractivity contribution >= 4 is 17.4 Å². The van der Waals surface area contributed by atoms with E-state index in [2.05, 4.69) is 16.5 Å². The zero-order valence-electron chi connectivity index (χ0n) is 9.26. The average Bonchev–Trinajstić information content (AvgIpc) is 2.75. The molecule has 0 bridgehead atoms. The first kappa shape index (κ1) is 11.1. The molecule has 2 rings (SSSR count). The van der Waals surface area contributed by atoms with Crippen molar-refractivity contribution in [1.29, 1.82) is 0 Å². The fourth-order valence-electron chi connectivity index (χ4n) is 1.52. The van der Waals surface area contributed by atoms with Crippen molar-refractivity contribution < 1.29 is 0 Å². The van der Waals surface area contributed by atoms with Crippen LogP contribution in [-0.4, -0.2) is 9.55 Å². The first-order valence-electron chi connectivity index (χ1n) is 5.28. The quantitative estimate of drug-likeness (QED) is 0.652. The Morgan fingerprint density at radius 3 is 2.94 bits per heavy atom. The van der Waals surface area contributed by atoms with Gasteiger partial charge >= 0.3 is 0 Å². The van der Waals surface area contributed by atoms with E-state index in [-0.39, 0.29) is 0 Å². The van der Waals surface area contributed by atoms with Crippen LogP contribution in [0.2, 0.25) is 0 Å². The number of benzene rings is 1. The van der Waals surface area contributed by atoms with Crippen LogP contribution in [0, 0.1) is 0 Å². The molecule has 1 aromatic heterocycles. The molecule has 0 aliphatic carbocycles. The lowest BCUT2D eigenvalue weighted by atomic mass is 10.3. The second-order valence-corrected chi connectivity index (χ2v) is 4.47. The molecule has 2 N–H and O–H groups in total. The summed E-state index contributed by atoms with van der Waals surface area (Å²) in [6, 6.07) is 7.92. The summed E-state index contributed by atoms with van der Waals surface area (Å²) in [6.45, 7) is 3.08. The number of rotatable bonds is 4. The van der Waals surface area contributed by atoms with Crippen LogP contribution in [0.1, 0.15) is 12.7 Å². The Kier molecular flexibility index (Phi) is 3.51. The van der Waals surface area contributed by atoms with Gasteiger partial charge in [0.2, 0.25) is 0 Å². The normalized spacial score (nSPS) is 10.6. The molecule has 0 fully saturated rings. The van der Waals surface area contributed by atoms with Crippen LogP contribution >= 0.6 is 11.8 Å². The van der Waals surface area contributed by atoms with E-state index in [9.17, 15) is 0 Å². The topological polar surface area (TPSA) is 43.8 Å². The number of anilines is 1. The van der Waals surface area contributed by atoms with Gasteiger partial charge in [0.1, 0.15) is 5.82 Å². The molecule has 1 heterocycles. The molecule has 2 aromatic rings. The Bertz CT molecular complexity index is 465. The van der Waals surface area contributed by atoms with Gasteiger partial charge in [-0.3, -0.25) is 0 Å². The largest absolute Gasteiger partial charge is 0.398 e. The highest BCUT2D eigenvalue weighted by atomic mass is 32.2. The molecule has 0 saturated heterocycles. The van der Waals surface area contributed by atoms with E-state index in [1.807, 2.05) is 36.7 Å². The van der Waals surface area contributed by atoms with E-state index in [1.54, 1.807) is 11.8 Å². The number of aromatic nitrogens is 2. The molecule has 0 saturated carbocycles. The third kappa shape index (κ3) is 2.39. The number of nitrogens with two attached hydrogens (primary N) is 1. The van der Waals surface area contributed by atoms with Crippen LogP contribution < -0.4 is 5.73 Å². The summed E-state index contributed by atoms with van der Waals surface area (Å²) in [5, 5.41) is 0. The number of imidazole rings is 1. The Hall–Kier alpha value is -1.42. The van der Waals surface area contributed by atoms with Crippen molar-refractivity contribution in [3.05, 3.63) is 42.5 Å². The van der Waals surface area contributed by atoms with Crippen LogP contribution in [0.15, 0.2) is 41.6 Å². The molecule has 84 valence electrons. The molecule has 1 aromatic carbocycles. The van der Waals surface area contributed by atoms with Crippen molar-refractivity contribution in [1.82, 2.24) is 9.55 Å². The van der Waals surface area contributed by atoms with Crippen LogP contribution in [0.5, 0.6) is 0 Å². The fourth-order valence-corrected chi connectivity index (χ4v) is 2.46. The maximum atomic E-state index is 5.88. The summed E-state index contributed by atoms with van der Waals surface area (Å²) >= 11 is 1.73. The summed E-state index contributed by atoms with van der Waals surface area (Å²) in [4.78, 5) is 5.45. The number of aryl methyl sites for hydroxylation is 1. The Labute approximate surface area is 99.7 Å². The standard InChI is InChI=1S/C12H15N3S/c1-2-15-8-7-14-12(15)9-16-11-6-4-3-5-10(11)13/h3-8H,2,9,13H2,1H3. The van der Waals surface area contributed by atoms with Crippen LogP contribution in [0.4, 0.5) is 5.69 Å². The van der Waals surface area contributed by atoms with Gasteiger partial charge in [0.05, 0.1) is 5.75 Å². The summed E-state index contributed by atoms with van der Waals surface area (Å²) in [6.07, 6.45) is 3.85. The fraction of sp³-hybridized carbons (Fsp3) is 0.250. The highest BCUT2D eigenvalue weighted by Crippen LogP contribution is 2.27. The van der Waals surface area contributed by atoms with E-state index in [0.29, 0.717) is 0 Å². The van der Waals surface area contributed by atoms with Crippen LogP contribution in [-0.2, 0) is 12.3 Å². The molecule has 0 aliphatic heterocycles. The smallest absolute Gasteiger partial charge is 0.119 e. The maximum absolute atomic E-state index is 5.88. The number of nitrogen functional groups attached to an aromatic ring is 1. The molecule has 3 nitrogen and oxygen atoms in total. The molecule has 0 spiro atoms. The summed E-state index contributed by atoms with van der Waals surface area (Å²) in [5.74, 6) is 1.95. The van der Waals surface area contributed by atoms with Gasteiger partial charge in [-0.2, -0.15) is 0 Å². The molecule has 0 unspecified atom stereocenters. The van der Waals surface area contributed by atoms with Crippen LogP contribution in [0.3, 0.4) is 0 Å². The van der Waals surface area contributed by atoms with Crippen molar-refractivity contribution in [3.8, 4) is 0 Å². The maximum Gasteiger partial charge on any atom is 0.119 e. The molecular formula is C12H15N3S. The Morgan fingerprint density at radius 2 is 2.19 bits per heavy atom. The first-order chi connectivity index (χ1) is 7.81. The van der Waals surface area contributed by atoms with E-state index in [4.69, 9.17) is 5.73 Å². The van der Waals surface area contributed by atoms with E-state index < -0.39 is 0 Å². The Morgan fingerprint density at radius 1 is 1.38 bits per heavy atom. The predicted octanol–water partition coefficient (Wildman–Crippen LogP) is 2.78. The monoisotopic (exact) mass is 233 g/mol. The number of nitrogens with zero attached hydrogens (tertiary/aromatic N) is 2. The zero-order chi connectivity index (χ0) is 11.4. The summed E-state index contributed by atoms with van der Waals surface area (Å²) in [5.41, 5.74) is 6.72. The second-order valence-electron chi connectivity index (χ2n) is 3.46. The minimum Gasteiger partial charge on any atom is -0.398 e. The van der Waals surface area contributed by atoms with Gasteiger partial charge in [-0.05, 0) is 19.1 Å². The molecule has 16 heavy (non-hydrogen) atoms. The van der Waals surface area contributed by atoms with Gasteiger partial charge in [-0.15, -0.1) is 11.8 Å². The van der Waals surface area contributed by atoms with Gasteiger partial charge in [-0.25, -0.2) is 4.98 Å². The second kappa shape index (κ2) is 5.07. The van der Waals surface area contributed by atoms with E-state index in [0.717, 1.165) is 28.7 Å². The van der Waals surface area contributed by atoms with Gasteiger partial charge in [0, 0.05) is 29.5 Å². The number of thioether (sulfide) groups is 1. The van der Waals surface area contributed by atoms with Gasteiger partial charge in [-0.1, -0.05) is 12.1 Å². The van der Waals surface area contributed by atoms with Gasteiger partial charge < -0.3 is 10.3 Å². The van der Waals surface area contributed by atoms with Gasteiger partial charge in [0.15, 0.2) is 0 Å². The molecule has 0 atom stereocenters. The SMILES string of the molecule is CCn1ccnc1CSc1ccccc1N. The highest BCUT2D eigenvalue weighted by Gasteiger charge is 2.03. The van der Waals surface area contributed by atoms with Crippen molar-refractivity contribution in [3.63, 3.8) is 0 Å². The third-order valence-corrected chi connectivity index (χ3v) is 3.50. The Balaban J connectivity index is 2.05. The molecule has 0 radical (unpaired) electrons. The van der Waals surface area contributed by atoms with Crippen molar-refractivity contribution in [2.45, 2.75) is 24.1 Å². The number of hydrogen-bond acceptors (Lipinski definition) is 3. The molecule has 0 aliphatic rings. The lowest BCUT2D eigenvalue weighted by Gasteiger charge is -2.06. The van der Waals surface area contributed by atoms with Crippen molar-refractivity contribution in [2.75, 3.05) is 5.73 Å². The average molecular weight is 233 g/mol. The lowest BCUT2D eigenvalue weighted by Crippen LogP contribution is -1.99. The molecular weight excluding hydrogens is 218 g/mol. The summed E-state index contributed by atoms with van der Waals surface area (Å²) in [7, 11) is 0. The lowest BCUT2D eigenvalue weighted by molar-refractivity contribution is 0.726. The van der Waals surface area contributed by atoms with Gasteiger partial charge in [0.25, 0.3) is 0 Å². The predicted molar refractivity (Wildman–Crippen MR) is 68.3 cm³/mol. The van der Waals surface area contributed by atoms with Crippen molar-refractivity contribution in [2.24, 2.45) is 0 Å². The molecule has 0 amide bonds. The minimum absolute atomic E-state index is 0.835. The van der Waals surface area contributed by atoms with E-state index >= 15 is 0 Å². The number of para-hydroxylation sites is 1. The number of hydrogen-bond donors (Lipinski definition) is 1. The minimum atomic E-state index is 0.835. The molecule has 4 heteroatoms. The first-order valence-corrected chi connectivity index (χ1v) is 6.27. The highest BCUT2D eigenvalue weighted by molar-refractivity contribution is 7.98. The van der Waals surface area contributed by atoms with E-state index in [1.165, 1.54) is 0 Å². The van der Waals surface area contributed by atoms with Crippen LogP contribution in [0.25, 0.3) is 0 Å².